The first-order valence-corrected chi connectivity index (χ1v) is 8.17. The molecule has 1 amide bonds. The fourth-order valence-electron chi connectivity index (χ4n) is 3.26. The van der Waals surface area contributed by atoms with Gasteiger partial charge in [-0.05, 0) is 24.1 Å². The lowest BCUT2D eigenvalue weighted by molar-refractivity contribution is 0.100. The molecule has 3 N–H and O–H groups in total. The van der Waals surface area contributed by atoms with E-state index in [-0.39, 0.29) is 6.10 Å². The van der Waals surface area contributed by atoms with Crippen LogP contribution in [-0.4, -0.2) is 49.7 Å². The average Bonchev–Trinajstić information content (AvgIpc) is 3.24. The molecular formula is C18H18N5O2. The Morgan fingerprint density at radius 1 is 1.28 bits per heavy atom. The molecule has 1 fully saturated rings. The first-order chi connectivity index (χ1) is 12.1. The first kappa shape index (κ1) is 15.7. The van der Waals surface area contributed by atoms with Crippen LogP contribution in [0.1, 0.15) is 22.3 Å². The number of hydrogen-bond acceptors (Lipinski definition) is 5. The molecule has 0 aliphatic carbocycles. The van der Waals surface area contributed by atoms with Crippen molar-refractivity contribution in [2.24, 2.45) is 5.73 Å². The molecule has 0 bridgehead atoms. The highest BCUT2D eigenvalue weighted by atomic mass is 16.3. The molecule has 127 valence electrons. The second kappa shape index (κ2) is 6.27. The van der Waals surface area contributed by atoms with Crippen molar-refractivity contribution in [3.05, 3.63) is 53.9 Å². The summed E-state index contributed by atoms with van der Waals surface area (Å²) in [6.07, 6.45) is 3.16. The second-order valence-corrected chi connectivity index (χ2v) is 6.32. The summed E-state index contributed by atoms with van der Waals surface area (Å²) in [6, 6.07) is 11.6. The number of carbonyl (C=O) groups is 1. The lowest BCUT2D eigenvalue weighted by Crippen LogP contribution is -2.21. The highest BCUT2D eigenvalue weighted by Crippen LogP contribution is 2.23. The van der Waals surface area contributed by atoms with Crippen molar-refractivity contribution in [2.75, 3.05) is 13.1 Å². The second-order valence-electron chi connectivity index (χ2n) is 6.32. The molecule has 0 saturated carbocycles. The van der Waals surface area contributed by atoms with E-state index >= 15 is 0 Å². The molecular weight excluding hydrogens is 318 g/mol. The van der Waals surface area contributed by atoms with Gasteiger partial charge in [-0.2, -0.15) is 0 Å². The van der Waals surface area contributed by atoms with Gasteiger partial charge in [0.15, 0.2) is 5.65 Å². The number of rotatable bonds is 4. The van der Waals surface area contributed by atoms with E-state index in [0.717, 1.165) is 37.3 Å². The first-order valence-electron chi connectivity index (χ1n) is 8.17. The molecule has 4 rings (SSSR count). The average molecular weight is 336 g/mol. The molecule has 2 aromatic heterocycles. The van der Waals surface area contributed by atoms with Gasteiger partial charge in [0.25, 0.3) is 5.91 Å². The topological polar surface area (TPSA) is 96.8 Å². The SMILES string of the molecule is NC(=O)c1ccc(-c2ccc(CN3CC[C@H](O)C3)cc2)n2n[c]nc12. The maximum Gasteiger partial charge on any atom is 0.252 e. The van der Waals surface area contributed by atoms with Gasteiger partial charge in [0.1, 0.15) is 0 Å². The van der Waals surface area contributed by atoms with Gasteiger partial charge in [0.2, 0.25) is 6.33 Å². The molecule has 1 radical (unpaired) electrons. The Morgan fingerprint density at radius 3 is 2.76 bits per heavy atom. The fourth-order valence-corrected chi connectivity index (χ4v) is 3.26. The summed E-state index contributed by atoms with van der Waals surface area (Å²) in [5.41, 5.74) is 9.07. The van der Waals surface area contributed by atoms with Gasteiger partial charge in [-0.15, -0.1) is 5.10 Å². The van der Waals surface area contributed by atoms with Crippen molar-refractivity contribution in [1.29, 1.82) is 0 Å². The molecule has 1 atom stereocenters. The van der Waals surface area contributed by atoms with Crippen LogP contribution in [0.4, 0.5) is 0 Å². The number of benzene rings is 1. The summed E-state index contributed by atoms with van der Waals surface area (Å²) in [4.78, 5) is 17.8. The van der Waals surface area contributed by atoms with E-state index in [1.807, 2.05) is 12.1 Å². The summed E-state index contributed by atoms with van der Waals surface area (Å²) in [6.45, 7) is 2.48. The van der Waals surface area contributed by atoms with E-state index in [1.54, 1.807) is 16.6 Å². The predicted octanol–water partition coefficient (Wildman–Crippen LogP) is 0.862. The Hall–Kier alpha value is -2.77. The van der Waals surface area contributed by atoms with Crippen LogP contribution in [0.3, 0.4) is 0 Å². The smallest absolute Gasteiger partial charge is 0.252 e. The number of amides is 1. The Labute approximate surface area is 144 Å². The van der Waals surface area contributed by atoms with Crippen molar-refractivity contribution < 1.29 is 9.90 Å². The van der Waals surface area contributed by atoms with Crippen LogP contribution >= 0.6 is 0 Å². The molecule has 7 heteroatoms. The standard InChI is InChI=1S/C18H18N5O2/c19-17(25)15-5-6-16(23-18(15)20-11-21-23)13-3-1-12(2-4-13)9-22-8-7-14(24)10-22/h1-6,14,24H,7-10H2,(H2,19,25)/t14-/m0/s1. The monoisotopic (exact) mass is 336 g/mol. The third kappa shape index (κ3) is 2.99. The van der Waals surface area contributed by atoms with Crippen LogP contribution in [0.25, 0.3) is 16.9 Å². The Bertz CT molecular complexity index is 919. The quantitative estimate of drug-likeness (QED) is 0.737. The van der Waals surface area contributed by atoms with E-state index in [9.17, 15) is 9.90 Å². The third-order valence-corrected chi connectivity index (χ3v) is 4.55. The molecule has 3 heterocycles. The maximum atomic E-state index is 11.5. The fraction of sp³-hybridized carbons (Fsp3) is 0.278. The van der Waals surface area contributed by atoms with Gasteiger partial charge in [0.05, 0.1) is 17.4 Å². The largest absolute Gasteiger partial charge is 0.392 e. The third-order valence-electron chi connectivity index (χ3n) is 4.55. The number of primary amides is 1. The number of β-amino-alcohol motifs (C(OH)–C–C–N with tert-alkyl or cyclic N) is 1. The zero-order chi connectivity index (χ0) is 17.4. The van der Waals surface area contributed by atoms with Crippen molar-refractivity contribution in [3.8, 4) is 11.3 Å². The van der Waals surface area contributed by atoms with Crippen LogP contribution in [0, 0.1) is 6.33 Å². The van der Waals surface area contributed by atoms with E-state index in [1.165, 1.54) is 5.56 Å². The molecule has 1 aliphatic heterocycles. The predicted molar refractivity (Wildman–Crippen MR) is 91.7 cm³/mol. The number of carbonyl (C=O) groups excluding carboxylic acids is 1. The normalized spacial score (nSPS) is 18.0. The highest BCUT2D eigenvalue weighted by Gasteiger charge is 2.20. The summed E-state index contributed by atoms with van der Waals surface area (Å²) in [5, 5.41) is 13.7. The number of pyridine rings is 1. The van der Waals surface area contributed by atoms with Gasteiger partial charge in [-0.25, -0.2) is 9.50 Å². The van der Waals surface area contributed by atoms with Crippen molar-refractivity contribution in [2.45, 2.75) is 19.1 Å². The van der Waals surface area contributed by atoms with Crippen molar-refractivity contribution in [1.82, 2.24) is 19.5 Å². The van der Waals surface area contributed by atoms with Crippen LogP contribution in [0.2, 0.25) is 0 Å². The zero-order valence-corrected chi connectivity index (χ0v) is 13.6. The molecule has 0 spiro atoms. The molecule has 7 nitrogen and oxygen atoms in total. The summed E-state index contributed by atoms with van der Waals surface area (Å²) in [5.74, 6) is -0.541. The van der Waals surface area contributed by atoms with Crippen molar-refractivity contribution >= 4 is 11.6 Å². The van der Waals surface area contributed by atoms with Crippen LogP contribution in [0.15, 0.2) is 36.4 Å². The van der Waals surface area contributed by atoms with Crippen molar-refractivity contribution in [3.63, 3.8) is 0 Å². The minimum atomic E-state index is -0.541. The summed E-state index contributed by atoms with van der Waals surface area (Å²) in [7, 11) is 0. The number of nitrogens with zero attached hydrogens (tertiary/aromatic N) is 4. The van der Waals surface area contributed by atoms with E-state index in [2.05, 4.69) is 33.4 Å². The lowest BCUT2D eigenvalue weighted by Gasteiger charge is -2.15. The molecule has 1 aromatic carbocycles. The van der Waals surface area contributed by atoms with Gasteiger partial charge in [0, 0.05) is 25.2 Å². The Morgan fingerprint density at radius 2 is 2.08 bits per heavy atom. The number of aliphatic hydroxyl groups is 1. The molecule has 1 saturated heterocycles. The minimum absolute atomic E-state index is 0.208. The Kier molecular flexibility index (Phi) is 3.95. The molecule has 0 unspecified atom stereocenters. The van der Waals surface area contributed by atoms with E-state index in [4.69, 9.17) is 5.73 Å². The maximum absolute atomic E-state index is 11.5. The summed E-state index contributed by atoms with van der Waals surface area (Å²) < 4.78 is 1.58. The number of nitrogens with two attached hydrogens (primary N) is 1. The highest BCUT2D eigenvalue weighted by molar-refractivity contribution is 5.99. The number of aliphatic hydroxyl groups excluding tert-OH is 1. The minimum Gasteiger partial charge on any atom is -0.392 e. The van der Waals surface area contributed by atoms with Gasteiger partial charge >= 0.3 is 0 Å². The van der Waals surface area contributed by atoms with E-state index < -0.39 is 5.91 Å². The molecule has 3 aromatic rings. The van der Waals surface area contributed by atoms with Gasteiger partial charge in [-0.1, -0.05) is 24.3 Å². The van der Waals surface area contributed by atoms with Gasteiger partial charge < -0.3 is 10.8 Å². The molecule has 25 heavy (non-hydrogen) atoms. The van der Waals surface area contributed by atoms with Crippen LogP contribution < -0.4 is 5.73 Å². The zero-order valence-electron chi connectivity index (χ0n) is 13.6. The number of fused-ring (bicyclic) bond motifs is 1. The number of aromatic nitrogens is 3. The van der Waals surface area contributed by atoms with E-state index in [0.29, 0.717) is 11.2 Å². The number of hydrogen-bond donors (Lipinski definition) is 2. The van der Waals surface area contributed by atoms with Crippen LogP contribution in [0.5, 0.6) is 0 Å². The van der Waals surface area contributed by atoms with Crippen LogP contribution in [-0.2, 0) is 6.54 Å². The lowest BCUT2D eigenvalue weighted by atomic mass is 10.1. The summed E-state index contributed by atoms with van der Waals surface area (Å²) >= 11 is 0. The number of likely N-dealkylation sites (tertiary alicyclic amines) is 1. The Balaban J connectivity index is 1.62. The van der Waals surface area contributed by atoms with Gasteiger partial charge in [-0.3, -0.25) is 9.69 Å². The molecule has 1 aliphatic rings.